The van der Waals surface area contributed by atoms with Crippen LogP contribution in [0.3, 0.4) is 0 Å². The number of alkyl carbamates (subject to hydrolysis) is 1. The molecule has 1 unspecified atom stereocenters. The molecule has 0 aliphatic carbocycles. The number of aliphatic hydroxyl groups is 1. The highest BCUT2D eigenvalue weighted by Gasteiger charge is 2.19. The van der Waals surface area contributed by atoms with Crippen molar-refractivity contribution in [1.29, 1.82) is 0 Å². The summed E-state index contributed by atoms with van der Waals surface area (Å²) in [6, 6.07) is 8.22. The van der Waals surface area contributed by atoms with E-state index in [0.717, 1.165) is 6.42 Å². The topological polar surface area (TPSA) is 58.6 Å². The van der Waals surface area contributed by atoms with Crippen LogP contribution < -0.4 is 5.32 Å². The van der Waals surface area contributed by atoms with Gasteiger partial charge in [0.05, 0.1) is 12.6 Å². The van der Waals surface area contributed by atoms with Gasteiger partial charge in [-0.15, -0.1) is 0 Å². The van der Waals surface area contributed by atoms with Crippen LogP contribution in [-0.2, 0) is 16.6 Å². The molecule has 1 amide bonds. The number of carbonyl (C=O) groups is 1. The SMILES string of the molecule is CC(C)(C)OC(=O)NC(CO)CCc1ccc(C(C)(C)C)cc1. The quantitative estimate of drug-likeness (QED) is 0.867. The van der Waals surface area contributed by atoms with Crippen LogP contribution in [0, 0.1) is 0 Å². The maximum atomic E-state index is 11.7. The molecule has 0 aliphatic rings. The van der Waals surface area contributed by atoms with E-state index in [-0.39, 0.29) is 18.1 Å². The number of nitrogens with one attached hydrogen (secondary N) is 1. The monoisotopic (exact) mass is 321 g/mol. The first-order valence-electron chi connectivity index (χ1n) is 8.21. The first kappa shape index (κ1) is 19.5. The molecule has 1 rings (SSSR count). The fourth-order valence-corrected chi connectivity index (χ4v) is 2.20. The van der Waals surface area contributed by atoms with Crippen molar-refractivity contribution in [3.8, 4) is 0 Å². The Kier molecular flexibility index (Phi) is 6.63. The highest BCUT2D eigenvalue weighted by Crippen LogP contribution is 2.22. The number of hydrogen-bond donors (Lipinski definition) is 2. The number of carbonyl (C=O) groups excluding carboxylic acids is 1. The van der Waals surface area contributed by atoms with Crippen molar-refractivity contribution in [2.24, 2.45) is 0 Å². The van der Waals surface area contributed by atoms with Crippen LogP contribution in [0.5, 0.6) is 0 Å². The number of aliphatic hydroxyl groups excluding tert-OH is 1. The third kappa shape index (κ3) is 7.51. The van der Waals surface area contributed by atoms with E-state index in [1.165, 1.54) is 11.1 Å². The van der Waals surface area contributed by atoms with Crippen LogP contribution in [0.1, 0.15) is 59.1 Å². The molecule has 1 aromatic carbocycles. The smallest absolute Gasteiger partial charge is 0.407 e. The number of rotatable bonds is 5. The van der Waals surface area contributed by atoms with Crippen LogP contribution in [0.4, 0.5) is 4.79 Å². The lowest BCUT2D eigenvalue weighted by Crippen LogP contribution is -2.41. The lowest BCUT2D eigenvalue weighted by Gasteiger charge is -2.23. The Bertz CT molecular complexity index is 495. The van der Waals surface area contributed by atoms with Crippen molar-refractivity contribution in [3.63, 3.8) is 0 Å². The summed E-state index contributed by atoms with van der Waals surface area (Å²) in [4.78, 5) is 11.7. The molecule has 4 heteroatoms. The van der Waals surface area contributed by atoms with Crippen molar-refractivity contribution in [2.75, 3.05) is 6.61 Å². The Labute approximate surface area is 140 Å². The van der Waals surface area contributed by atoms with Gasteiger partial charge < -0.3 is 15.2 Å². The molecule has 0 saturated carbocycles. The van der Waals surface area contributed by atoms with E-state index in [1.807, 2.05) is 20.8 Å². The van der Waals surface area contributed by atoms with E-state index in [4.69, 9.17) is 4.74 Å². The lowest BCUT2D eigenvalue weighted by atomic mass is 9.86. The molecule has 0 heterocycles. The third-order valence-electron chi connectivity index (χ3n) is 3.54. The molecule has 0 bridgehead atoms. The Balaban J connectivity index is 2.53. The highest BCUT2D eigenvalue weighted by atomic mass is 16.6. The van der Waals surface area contributed by atoms with E-state index >= 15 is 0 Å². The average molecular weight is 321 g/mol. The van der Waals surface area contributed by atoms with Gasteiger partial charge in [-0.3, -0.25) is 0 Å². The van der Waals surface area contributed by atoms with Crippen molar-refractivity contribution in [2.45, 2.75) is 71.4 Å². The molecule has 4 nitrogen and oxygen atoms in total. The molecule has 1 aromatic rings. The molecule has 0 aliphatic heterocycles. The second-order valence-electron chi connectivity index (χ2n) is 8.01. The molecule has 130 valence electrons. The Hall–Kier alpha value is -1.55. The van der Waals surface area contributed by atoms with Crippen molar-refractivity contribution < 1.29 is 14.6 Å². The van der Waals surface area contributed by atoms with Crippen LogP contribution in [0.15, 0.2) is 24.3 Å². The number of benzene rings is 1. The zero-order valence-electron chi connectivity index (χ0n) is 15.3. The van der Waals surface area contributed by atoms with Crippen LogP contribution in [-0.4, -0.2) is 29.4 Å². The largest absolute Gasteiger partial charge is 0.444 e. The van der Waals surface area contributed by atoms with E-state index in [1.54, 1.807) is 0 Å². The van der Waals surface area contributed by atoms with Crippen molar-refractivity contribution >= 4 is 6.09 Å². The molecular formula is C19H31NO3. The first-order chi connectivity index (χ1) is 10.5. The Morgan fingerprint density at radius 2 is 1.70 bits per heavy atom. The Morgan fingerprint density at radius 1 is 1.13 bits per heavy atom. The third-order valence-corrected chi connectivity index (χ3v) is 3.54. The summed E-state index contributed by atoms with van der Waals surface area (Å²) in [6.07, 6.45) is 0.982. The van der Waals surface area contributed by atoms with Gasteiger partial charge in [0.1, 0.15) is 5.60 Å². The molecule has 1 atom stereocenters. The maximum Gasteiger partial charge on any atom is 0.407 e. The van der Waals surface area contributed by atoms with Gasteiger partial charge in [-0.05, 0) is 50.2 Å². The summed E-state index contributed by atoms with van der Waals surface area (Å²) >= 11 is 0. The molecule has 0 aromatic heterocycles. The molecule has 0 saturated heterocycles. The zero-order valence-corrected chi connectivity index (χ0v) is 15.3. The summed E-state index contributed by atoms with van der Waals surface area (Å²) in [5, 5.41) is 12.1. The number of aryl methyl sites for hydroxylation is 1. The fourth-order valence-electron chi connectivity index (χ4n) is 2.20. The van der Waals surface area contributed by atoms with E-state index < -0.39 is 11.7 Å². The minimum Gasteiger partial charge on any atom is -0.444 e. The predicted octanol–water partition coefficient (Wildman–Crippen LogP) is 3.80. The van der Waals surface area contributed by atoms with Gasteiger partial charge in [0, 0.05) is 0 Å². The van der Waals surface area contributed by atoms with Crippen LogP contribution in [0.2, 0.25) is 0 Å². The summed E-state index contributed by atoms with van der Waals surface area (Å²) in [7, 11) is 0. The molecule has 0 fully saturated rings. The second-order valence-corrected chi connectivity index (χ2v) is 8.01. The van der Waals surface area contributed by atoms with Gasteiger partial charge in [-0.2, -0.15) is 0 Å². The van der Waals surface area contributed by atoms with E-state index in [0.29, 0.717) is 6.42 Å². The second kappa shape index (κ2) is 7.82. The van der Waals surface area contributed by atoms with Gasteiger partial charge in [-0.1, -0.05) is 45.0 Å². The van der Waals surface area contributed by atoms with Gasteiger partial charge in [-0.25, -0.2) is 4.79 Å². The van der Waals surface area contributed by atoms with Gasteiger partial charge in [0.2, 0.25) is 0 Å². The normalized spacial score (nSPS) is 13.5. The van der Waals surface area contributed by atoms with Crippen LogP contribution in [0.25, 0.3) is 0 Å². The fraction of sp³-hybridized carbons (Fsp3) is 0.632. The summed E-state index contributed by atoms with van der Waals surface area (Å²) in [6.45, 7) is 11.9. The predicted molar refractivity (Wildman–Crippen MR) is 93.7 cm³/mol. The molecule has 23 heavy (non-hydrogen) atoms. The minimum absolute atomic E-state index is 0.0979. The number of hydrogen-bond acceptors (Lipinski definition) is 3. The first-order valence-corrected chi connectivity index (χ1v) is 8.21. The highest BCUT2D eigenvalue weighted by molar-refractivity contribution is 5.68. The summed E-state index contributed by atoms with van der Waals surface area (Å²) in [5.41, 5.74) is 2.10. The molecule has 0 spiro atoms. The molecular weight excluding hydrogens is 290 g/mol. The standard InChI is InChI=1S/C19H31NO3/c1-18(2,3)15-10-7-14(8-11-15)9-12-16(13-21)20-17(22)23-19(4,5)6/h7-8,10-11,16,21H,9,12-13H2,1-6H3,(H,20,22). The minimum atomic E-state index is -0.535. The van der Waals surface area contributed by atoms with E-state index in [9.17, 15) is 9.90 Å². The van der Waals surface area contributed by atoms with Gasteiger partial charge >= 0.3 is 6.09 Å². The maximum absolute atomic E-state index is 11.7. The lowest BCUT2D eigenvalue weighted by molar-refractivity contribution is 0.0479. The van der Waals surface area contributed by atoms with Gasteiger partial charge in [0.15, 0.2) is 0 Å². The van der Waals surface area contributed by atoms with Crippen LogP contribution >= 0.6 is 0 Å². The van der Waals surface area contributed by atoms with Crippen molar-refractivity contribution in [1.82, 2.24) is 5.32 Å². The number of amides is 1. The van der Waals surface area contributed by atoms with Gasteiger partial charge in [0.25, 0.3) is 0 Å². The average Bonchev–Trinajstić information content (AvgIpc) is 2.41. The summed E-state index contributed by atoms with van der Waals surface area (Å²) in [5.74, 6) is 0. The molecule has 0 radical (unpaired) electrons. The van der Waals surface area contributed by atoms with E-state index in [2.05, 4.69) is 50.4 Å². The Morgan fingerprint density at radius 3 is 2.13 bits per heavy atom. The molecule has 2 N–H and O–H groups in total. The number of ether oxygens (including phenoxy) is 1. The van der Waals surface area contributed by atoms with Crippen molar-refractivity contribution in [3.05, 3.63) is 35.4 Å². The zero-order chi connectivity index (χ0) is 17.7. The summed E-state index contributed by atoms with van der Waals surface area (Å²) < 4.78 is 5.21.